The van der Waals surface area contributed by atoms with E-state index in [2.05, 4.69) is 47.2 Å². The molecule has 0 unspecified atom stereocenters. The molecule has 1 aliphatic heterocycles. The summed E-state index contributed by atoms with van der Waals surface area (Å²) in [5.41, 5.74) is 3.52. The summed E-state index contributed by atoms with van der Waals surface area (Å²) in [6, 6.07) is 13.2. The maximum Gasteiger partial charge on any atom is 0.253 e. The van der Waals surface area contributed by atoms with Gasteiger partial charge in [-0.2, -0.15) is 0 Å². The maximum atomic E-state index is 13.2. The molecule has 0 bridgehead atoms. The fourth-order valence-electron chi connectivity index (χ4n) is 4.00. The number of benzene rings is 2. The standard InChI is InChI=1S/C24H34N4O3S/c1-5-27(20-10-8-9-19(2)17-20)16-13-25-24(29)22-18-21(32(30,31)26(3)4)11-12-23(22)28-14-6-7-15-28/h8-12,17-18H,5-7,13-16H2,1-4H3,(H,25,29). The Morgan fingerprint density at radius 3 is 2.44 bits per heavy atom. The van der Waals surface area contributed by atoms with Gasteiger partial charge in [-0.05, 0) is 62.6 Å². The quantitative estimate of drug-likeness (QED) is 0.625. The van der Waals surface area contributed by atoms with Gasteiger partial charge in [0.05, 0.1) is 10.5 Å². The largest absolute Gasteiger partial charge is 0.371 e. The van der Waals surface area contributed by atoms with E-state index >= 15 is 0 Å². The number of rotatable bonds is 9. The lowest BCUT2D eigenvalue weighted by molar-refractivity contribution is 0.0955. The van der Waals surface area contributed by atoms with E-state index < -0.39 is 10.0 Å². The number of aryl methyl sites for hydroxylation is 1. The van der Waals surface area contributed by atoms with Crippen LogP contribution in [-0.4, -0.2) is 65.4 Å². The summed E-state index contributed by atoms with van der Waals surface area (Å²) in [4.78, 5) is 17.7. The van der Waals surface area contributed by atoms with Crippen LogP contribution in [-0.2, 0) is 10.0 Å². The molecule has 1 fully saturated rings. The number of nitrogens with zero attached hydrogens (tertiary/aromatic N) is 3. The monoisotopic (exact) mass is 458 g/mol. The molecule has 2 aromatic carbocycles. The SMILES string of the molecule is CCN(CCNC(=O)c1cc(S(=O)(=O)N(C)C)ccc1N1CCCC1)c1cccc(C)c1. The second-order valence-electron chi connectivity index (χ2n) is 8.34. The fraction of sp³-hybridized carbons (Fsp3) is 0.458. The predicted octanol–water partition coefficient (Wildman–Crippen LogP) is 3.10. The normalized spacial score (nSPS) is 14.1. The third-order valence-corrected chi connectivity index (χ3v) is 7.66. The molecule has 32 heavy (non-hydrogen) atoms. The van der Waals surface area contributed by atoms with Gasteiger partial charge in [0.2, 0.25) is 10.0 Å². The van der Waals surface area contributed by atoms with Crippen LogP contribution in [0.5, 0.6) is 0 Å². The zero-order chi connectivity index (χ0) is 23.3. The van der Waals surface area contributed by atoms with Gasteiger partial charge in [0.1, 0.15) is 0 Å². The molecular formula is C24H34N4O3S. The average Bonchev–Trinajstić information content (AvgIpc) is 3.31. The molecule has 0 aliphatic carbocycles. The van der Waals surface area contributed by atoms with Crippen molar-refractivity contribution in [3.05, 3.63) is 53.6 Å². The molecule has 1 saturated heterocycles. The Balaban J connectivity index is 1.79. The third-order valence-electron chi connectivity index (χ3n) is 5.85. The molecular weight excluding hydrogens is 424 g/mol. The summed E-state index contributed by atoms with van der Waals surface area (Å²) in [6.07, 6.45) is 2.14. The smallest absolute Gasteiger partial charge is 0.253 e. The van der Waals surface area contributed by atoms with E-state index in [1.54, 1.807) is 12.1 Å². The van der Waals surface area contributed by atoms with Crippen LogP contribution in [0.3, 0.4) is 0 Å². The Hall–Kier alpha value is -2.58. The number of hydrogen-bond acceptors (Lipinski definition) is 5. The molecule has 0 saturated carbocycles. The topological polar surface area (TPSA) is 73.0 Å². The van der Waals surface area contributed by atoms with Gasteiger partial charge in [-0.1, -0.05) is 12.1 Å². The number of hydrogen-bond donors (Lipinski definition) is 1. The molecule has 0 aromatic heterocycles. The number of amides is 1. The Kier molecular flexibility index (Phi) is 7.79. The van der Waals surface area contributed by atoms with Crippen LogP contribution in [0.25, 0.3) is 0 Å². The summed E-state index contributed by atoms with van der Waals surface area (Å²) in [7, 11) is -0.636. The Morgan fingerprint density at radius 2 is 1.81 bits per heavy atom. The van der Waals surface area contributed by atoms with Gasteiger partial charge in [0, 0.05) is 58.2 Å². The molecule has 1 heterocycles. The second-order valence-corrected chi connectivity index (χ2v) is 10.5. The van der Waals surface area contributed by atoms with Crippen molar-refractivity contribution in [3.8, 4) is 0 Å². The number of carbonyl (C=O) groups is 1. The second kappa shape index (κ2) is 10.4. The Labute approximate surface area is 192 Å². The third kappa shape index (κ3) is 5.42. The highest BCUT2D eigenvalue weighted by atomic mass is 32.2. The van der Waals surface area contributed by atoms with Crippen LogP contribution in [0.4, 0.5) is 11.4 Å². The molecule has 7 nitrogen and oxygen atoms in total. The zero-order valence-electron chi connectivity index (χ0n) is 19.5. The molecule has 8 heteroatoms. The predicted molar refractivity (Wildman–Crippen MR) is 130 cm³/mol. The number of sulfonamides is 1. The summed E-state index contributed by atoms with van der Waals surface area (Å²) >= 11 is 0. The van der Waals surface area contributed by atoms with Crippen molar-refractivity contribution < 1.29 is 13.2 Å². The highest BCUT2D eigenvalue weighted by Gasteiger charge is 2.24. The summed E-state index contributed by atoms with van der Waals surface area (Å²) in [6.45, 7) is 7.85. The van der Waals surface area contributed by atoms with Crippen molar-refractivity contribution >= 4 is 27.3 Å². The van der Waals surface area contributed by atoms with Gasteiger partial charge in [-0.25, -0.2) is 12.7 Å². The number of likely N-dealkylation sites (N-methyl/N-ethyl adjacent to an activating group) is 1. The van der Waals surface area contributed by atoms with Crippen LogP contribution in [0, 0.1) is 6.92 Å². The minimum atomic E-state index is -3.62. The highest BCUT2D eigenvalue weighted by Crippen LogP contribution is 2.28. The Morgan fingerprint density at radius 1 is 1.09 bits per heavy atom. The summed E-state index contributed by atoms with van der Waals surface area (Å²) in [5, 5.41) is 3.00. The molecule has 0 radical (unpaired) electrons. The number of nitrogens with one attached hydrogen (secondary N) is 1. The minimum absolute atomic E-state index is 0.130. The molecule has 3 rings (SSSR count). The van der Waals surface area contributed by atoms with E-state index in [-0.39, 0.29) is 10.8 Å². The first-order chi connectivity index (χ1) is 15.2. The highest BCUT2D eigenvalue weighted by molar-refractivity contribution is 7.89. The minimum Gasteiger partial charge on any atom is -0.371 e. The number of anilines is 2. The van der Waals surface area contributed by atoms with Gasteiger partial charge < -0.3 is 15.1 Å². The zero-order valence-corrected chi connectivity index (χ0v) is 20.3. The lowest BCUT2D eigenvalue weighted by atomic mass is 10.1. The van der Waals surface area contributed by atoms with Crippen molar-refractivity contribution in [2.24, 2.45) is 0 Å². The van der Waals surface area contributed by atoms with Gasteiger partial charge in [-0.3, -0.25) is 4.79 Å². The first-order valence-electron chi connectivity index (χ1n) is 11.2. The van der Waals surface area contributed by atoms with Crippen LogP contribution < -0.4 is 15.1 Å². The molecule has 0 atom stereocenters. The van der Waals surface area contributed by atoms with E-state index in [9.17, 15) is 13.2 Å². The van der Waals surface area contributed by atoms with Crippen LogP contribution in [0.15, 0.2) is 47.4 Å². The summed E-state index contributed by atoms with van der Waals surface area (Å²) < 4.78 is 26.4. The van der Waals surface area contributed by atoms with Crippen molar-refractivity contribution in [1.82, 2.24) is 9.62 Å². The molecule has 2 aromatic rings. The van der Waals surface area contributed by atoms with Gasteiger partial charge in [-0.15, -0.1) is 0 Å². The van der Waals surface area contributed by atoms with E-state index in [1.165, 1.54) is 30.0 Å². The van der Waals surface area contributed by atoms with E-state index in [1.807, 2.05) is 6.07 Å². The maximum absolute atomic E-state index is 13.2. The molecule has 1 amide bonds. The molecule has 0 spiro atoms. The fourth-order valence-corrected chi connectivity index (χ4v) is 4.92. The van der Waals surface area contributed by atoms with Crippen molar-refractivity contribution in [1.29, 1.82) is 0 Å². The molecule has 174 valence electrons. The van der Waals surface area contributed by atoms with Crippen molar-refractivity contribution in [3.63, 3.8) is 0 Å². The van der Waals surface area contributed by atoms with E-state index in [4.69, 9.17) is 0 Å². The van der Waals surface area contributed by atoms with Crippen LogP contribution in [0.2, 0.25) is 0 Å². The average molecular weight is 459 g/mol. The molecule has 1 aliphatic rings. The van der Waals surface area contributed by atoms with Crippen LogP contribution >= 0.6 is 0 Å². The van der Waals surface area contributed by atoms with Gasteiger partial charge in [0.25, 0.3) is 5.91 Å². The first kappa shape index (κ1) is 24.1. The number of carbonyl (C=O) groups excluding carboxylic acids is 1. The van der Waals surface area contributed by atoms with Crippen LogP contribution in [0.1, 0.15) is 35.7 Å². The lowest BCUT2D eigenvalue weighted by Crippen LogP contribution is -2.36. The molecule has 1 N–H and O–H groups in total. The van der Waals surface area contributed by atoms with E-state index in [0.29, 0.717) is 18.7 Å². The van der Waals surface area contributed by atoms with Crippen molar-refractivity contribution in [2.75, 3.05) is 56.6 Å². The Bertz CT molecular complexity index is 1050. The van der Waals surface area contributed by atoms with E-state index in [0.717, 1.165) is 43.9 Å². The van der Waals surface area contributed by atoms with Gasteiger partial charge >= 0.3 is 0 Å². The van der Waals surface area contributed by atoms with Crippen molar-refractivity contribution in [2.45, 2.75) is 31.6 Å². The first-order valence-corrected chi connectivity index (χ1v) is 12.6. The van der Waals surface area contributed by atoms with Gasteiger partial charge in [0.15, 0.2) is 0 Å². The summed E-state index contributed by atoms with van der Waals surface area (Å²) in [5.74, 6) is -0.247. The lowest BCUT2D eigenvalue weighted by Gasteiger charge is -2.25.